The average molecular weight is 589 g/mol. The predicted molar refractivity (Wildman–Crippen MR) is 177 cm³/mol. The van der Waals surface area contributed by atoms with Crippen LogP contribution in [-0.2, 0) is 9.59 Å². The molecule has 0 aromatic heterocycles. The number of amides is 2. The van der Waals surface area contributed by atoms with Crippen LogP contribution in [-0.4, -0.2) is 96.9 Å². The molecule has 6 nitrogen and oxygen atoms in total. The van der Waals surface area contributed by atoms with Crippen LogP contribution in [0.1, 0.15) is 142 Å². The van der Waals surface area contributed by atoms with Gasteiger partial charge in [-0.1, -0.05) is 104 Å². The van der Waals surface area contributed by atoms with Crippen molar-refractivity contribution < 1.29 is 9.59 Å². The van der Waals surface area contributed by atoms with Gasteiger partial charge in [0.1, 0.15) is 0 Å². The number of hydrogen-bond donors (Lipinski definition) is 0. The monoisotopic (exact) mass is 589 g/mol. The third-order valence-corrected chi connectivity index (χ3v) is 10.3. The van der Waals surface area contributed by atoms with Gasteiger partial charge in [0.15, 0.2) is 0 Å². The number of nitrogens with zero attached hydrogens (tertiary/aromatic N) is 4. The first-order valence-corrected chi connectivity index (χ1v) is 18.6. The highest BCUT2D eigenvalue weighted by molar-refractivity contribution is 5.81. The minimum Gasteiger partial charge on any atom is -0.339 e. The highest BCUT2D eigenvalue weighted by atomic mass is 16.2. The van der Waals surface area contributed by atoms with E-state index in [2.05, 4.69) is 33.4 Å². The Morgan fingerprint density at radius 3 is 1.17 bits per heavy atom. The largest absolute Gasteiger partial charge is 0.339 e. The molecule has 3 heterocycles. The lowest BCUT2D eigenvalue weighted by Gasteiger charge is -2.41. The SMILES string of the molecule is CCCCCCCCCCN1CCCC(C(=O)N2CCN(C(=O)C3CCCN(CCCCCCCCCC)C3)CC2)C1. The topological polar surface area (TPSA) is 47.1 Å². The number of likely N-dealkylation sites (tertiary alicyclic amines) is 2. The summed E-state index contributed by atoms with van der Waals surface area (Å²) in [5.74, 6) is 0.991. The normalized spacial score (nSPS) is 22.5. The van der Waals surface area contributed by atoms with Crippen molar-refractivity contribution in [2.75, 3.05) is 65.4 Å². The summed E-state index contributed by atoms with van der Waals surface area (Å²) in [6, 6.07) is 0. The first-order chi connectivity index (χ1) is 20.6. The minimum atomic E-state index is 0.151. The van der Waals surface area contributed by atoms with Gasteiger partial charge in [-0.05, 0) is 64.7 Å². The molecule has 2 amide bonds. The van der Waals surface area contributed by atoms with Crippen LogP contribution in [0.5, 0.6) is 0 Å². The van der Waals surface area contributed by atoms with Crippen LogP contribution >= 0.6 is 0 Å². The maximum atomic E-state index is 13.4. The minimum absolute atomic E-state index is 0.151. The second kappa shape index (κ2) is 21.5. The second-order valence-electron chi connectivity index (χ2n) is 13.9. The van der Waals surface area contributed by atoms with Crippen molar-refractivity contribution in [3.63, 3.8) is 0 Å². The van der Waals surface area contributed by atoms with Crippen molar-refractivity contribution in [3.8, 4) is 0 Å². The summed E-state index contributed by atoms with van der Waals surface area (Å²) in [6.07, 6.45) is 26.0. The van der Waals surface area contributed by atoms with Crippen molar-refractivity contribution >= 4 is 11.8 Å². The Hall–Kier alpha value is -1.14. The summed E-state index contributed by atoms with van der Waals surface area (Å²) in [7, 11) is 0. The van der Waals surface area contributed by atoms with Crippen LogP contribution in [0.15, 0.2) is 0 Å². The van der Waals surface area contributed by atoms with Crippen molar-refractivity contribution in [3.05, 3.63) is 0 Å². The lowest BCUT2D eigenvalue weighted by Crippen LogP contribution is -2.55. The molecular formula is C36H68N4O2. The number of unbranched alkanes of at least 4 members (excludes halogenated alkanes) is 14. The molecule has 0 radical (unpaired) electrons. The summed E-state index contributed by atoms with van der Waals surface area (Å²) in [5, 5.41) is 0. The number of carbonyl (C=O) groups is 2. The van der Waals surface area contributed by atoms with Gasteiger partial charge >= 0.3 is 0 Å². The maximum Gasteiger partial charge on any atom is 0.227 e. The summed E-state index contributed by atoms with van der Waals surface area (Å²) in [5.41, 5.74) is 0. The number of piperidine rings is 2. The van der Waals surface area contributed by atoms with Gasteiger partial charge in [-0.2, -0.15) is 0 Å². The molecule has 3 aliphatic heterocycles. The van der Waals surface area contributed by atoms with E-state index < -0.39 is 0 Å². The van der Waals surface area contributed by atoms with Crippen LogP contribution < -0.4 is 0 Å². The molecule has 244 valence electrons. The van der Waals surface area contributed by atoms with E-state index in [-0.39, 0.29) is 11.8 Å². The van der Waals surface area contributed by atoms with Gasteiger partial charge < -0.3 is 19.6 Å². The Kier molecular flexibility index (Phi) is 18.1. The van der Waals surface area contributed by atoms with E-state index in [0.29, 0.717) is 38.0 Å². The third kappa shape index (κ3) is 13.2. The average Bonchev–Trinajstić information content (AvgIpc) is 3.03. The van der Waals surface area contributed by atoms with Crippen LogP contribution in [0.2, 0.25) is 0 Å². The van der Waals surface area contributed by atoms with E-state index >= 15 is 0 Å². The van der Waals surface area contributed by atoms with Gasteiger partial charge in [0.2, 0.25) is 11.8 Å². The van der Waals surface area contributed by atoms with Gasteiger partial charge in [0.25, 0.3) is 0 Å². The molecule has 3 rings (SSSR count). The number of piperazine rings is 1. The molecule has 6 heteroatoms. The highest BCUT2D eigenvalue weighted by Crippen LogP contribution is 2.23. The third-order valence-electron chi connectivity index (χ3n) is 10.3. The fourth-order valence-electron chi connectivity index (χ4n) is 7.52. The van der Waals surface area contributed by atoms with E-state index in [1.165, 1.54) is 103 Å². The van der Waals surface area contributed by atoms with Gasteiger partial charge in [-0.3, -0.25) is 9.59 Å². The molecule has 2 atom stereocenters. The van der Waals surface area contributed by atoms with Crippen LogP contribution in [0.25, 0.3) is 0 Å². The molecular weight excluding hydrogens is 520 g/mol. The molecule has 3 fully saturated rings. The predicted octanol–water partition coefficient (Wildman–Crippen LogP) is 7.36. The Labute approximate surface area is 260 Å². The number of hydrogen-bond acceptors (Lipinski definition) is 4. The molecule has 0 aliphatic carbocycles. The molecule has 42 heavy (non-hydrogen) atoms. The van der Waals surface area contributed by atoms with Crippen molar-refractivity contribution in [1.29, 1.82) is 0 Å². The second-order valence-corrected chi connectivity index (χ2v) is 13.9. The van der Waals surface area contributed by atoms with Gasteiger partial charge in [-0.15, -0.1) is 0 Å². The quantitative estimate of drug-likeness (QED) is 0.139. The van der Waals surface area contributed by atoms with E-state index in [0.717, 1.165) is 65.0 Å². The molecule has 0 saturated carbocycles. The molecule has 3 saturated heterocycles. The van der Waals surface area contributed by atoms with Gasteiger partial charge in [-0.25, -0.2) is 0 Å². The van der Waals surface area contributed by atoms with Crippen molar-refractivity contribution in [2.24, 2.45) is 11.8 Å². The van der Waals surface area contributed by atoms with Gasteiger partial charge in [0.05, 0.1) is 11.8 Å². The van der Waals surface area contributed by atoms with Crippen LogP contribution in [0.3, 0.4) is 0 Å². The summed E-state index contributed by atoms with van der Waals surface area (Å²) in [4.78, 5) is 36.1. The smallest absolute Gasteiger partial charge is 0.227 e. The van der Waals surface area contributed by atoms with Crippen molar-refractivity contribution in [2.45, 2.75) is 142 Å². The zero-order valence-corrected chi connectivity index (χ0v) is 28.0. The standard InChI is InChI=1S/C36H68N4O2/c1-3-5-7-9-11-13-15-17-23-37-25-19-21-33(31-37)35(41)39-27-29-40(30-28-39)36(42)34-22-20-26-38(32-34)24-18-16-14-12-10-8-6-4-2/h33-34H,3-32H2,1-2H3. The lowest BCUT2D eigenvalue weighted by molar-refractivity contribution is -0.146. The highest BCUT2D eigenvalue weighted by Gasteiger charge is 2.34. The summed E-state index contributed by atoms with van der Waals surface area (Å²) in [6.45, 7) is 13.9. The molecule has 0 aromatic carbocycles. The molecule has 0 spiro atoms. The van der Waals surface area contributed by atoms with Crippen LogP contribution in [0, 0.1) is 11.8 Å². The lowest BCUT2D eigenvalue weighted by atomic mass is 9.95. The Bertz CT molecular complexity index is 663. The van der Waals surface area contributed by atoms with Crippen molar-refractivity contribution in [1.82, 2.24) is 19.6 Å². The summed E-state index contributed by atoms with van der Waals surface area (Å²) < 4.78 is 0. The number of carbonyl (C=O) groups excluding carboxylic acids is 2. The van der Waals surface area contributed by atoms with E-state index in [1.54, 1.807) is 0 Å². The van der Waals surface area contributed by atoms with E-state index in [9.17, 15) is 9.59 Å². The molecule has 3 aliphatic rings. The van der Waals surface area contributed by atoms with Gasteiger partial charge in [0, 0.05) is 39.3 Å². The zero-order valence-electron chi connectivity index (χ0n) is 28.0. The number of rotatable bonds is 20. The Morgan fingerprint density at radius 2 is 0.810 bits per heavy atom. The zero-order chi connectivity index (χ0) is 29.8. The molecule has 0 aromatic rings. The fourth-order valence-corrected chi connectivity index (χ4v) is 7.52. The fraction of sp³-hybridized carbons (Fsp3) is 0.944. The van der Waals surface area contributed by atoms with Crippen LogP contribution in [0.4, 0.5) is 0 Å². The molecule has 2 unspecified atom stereocenters. The Morgan fingerprint density at radius 1 is 0.476 bits per heavy atom. The maximum absolute atomic E-state index is 13.4. The first kappa shape index (κ1) is 35.3. The molecule has 0 bridgehead atoms. The molecule has 0 N–H and O–H groups in total. The first-order valence-electron chi connectivity index (χ1n) is 18.6. The van der Waals surface area contributed by atoms with E-state index in [4.69, 9.17) is 0 Å². The summed E-state index contributed by atoms with van der Waals surface area (Å²) >= 11 is 0. The van der Waals surface area contributed by atoms with E-state index in [1.807, 2.05) is 0 Å². The Balaban J connectivity index is 1.28.